The molecule has 1 aromatic carbocycles. The van der Waals surface area contributed by atoms with Crippen LogP contribution in [0, 0.1) is 5.92 Å². The minimum absolute atomic E-state index is 0.318. The van der Waals surface area contributed by atoms with E-state index in [2.05, 4.69) is 0 Å². The molecule has 4 nitrogen and oxygen atoms in total. The predicted octanol–water partition coefficient (Wildman–Crippen LogP) is 1.44. The van der Waals surface area contributed by atoms with Gasteiger partial charge in [-0.3, -0.25) is 4.79 Å². The molecule has 0 aromatic heterocycles. The summed E-state index contributed by atoms with van der Waals surface area (Å²) in [5.41, 5.74) is 0. The third-order valence-electron chi connectivity index (χ3n) is 1.86. The summed E-state index contributed by atoms with van der Waals surface area (Å²) in [4.78, 5) is 21.7. The maximum absolute atomic E-state index is 11.3. The van der Waals surface area contributed by atoms with Crippen LogP contribution in [0.5, 0.6) is 11.5 Å². The summed E-state index contributed by atoms with van der Waals surface area (Å²) >= 11 is 0. The van der Waals surface area contributed by atoms with Crippen molar-refractivity contribution in [2.45, 2.75) is 6.92 Å². The molecule has 0 N–H and O–H groups in total. The van der Waals surface area contributed by atoms with Crippen molar-refractivity contribution < 1.29 is 19.1 Å². The van der Waals surface area contributed by atoms with E-state index >= 15 is 0 Å². The number of carbonyl (C=O) groups is 2. The van der Waals surface area contributed by atoms with Gasteiger partial charge in [0.1, 0.15) is 12.2 Å². The molecule has 0 spiro atoms. The summed E-state index contributed by atoms with van der Waals surface area (Å²) in [6.45, 7) is 1.48. The van der Waals surface area contributed by atoms with Crippen molar-refractivity contribution in [3.05, 3.63) is 24.3 Å². The molecule has 1 rings (SSSR count). The van der Waals surface area contributed by atoms with Gasteiger partial charge in [0.2, 0.25) is 0 Å². The summed E-state index contributed by atoms with van der Waals surface area (Å²) in [5, 5.41) is 0. The average molecular weight is 208 g/mol. The third kappa shape index (κ3) is 2.80. The number of carbonyl (C=O) groups excluding carboxylic acids is 2. The maximum atomic E-state index is 11.3. The summed E-state index contributed by atoms with van der Waals surface area (Å²) in [5.74, 6) is -0.577. The second-order valence-corrected chi connectivity index (χ2v) is 3.00. The second-order valence-electron chi connectivity index (χ2n) is 3.00. The van der Waals surface area contributed by atoms with Gasteiger partial charge in [-0.1, -0.05) is 12.1 Å². The number of para-hydroxylation sites is 2. The van der Waals surface area contributed by atoms with Gasteiger partial charge in [0.05, 0.1) is 7.11 Å². The van der Waals surface area contributed by atoms with Gasteiger partial charge in [-0.15, -0.1) is 0 Å². The van der Waals surface area contributed by atoms with Crippen LogP contribution in [-0.2, 0) is 9.59 Å². The van der Waals surface area contributed by atoms with Gasteiger partial charge >= 0.3 is 5.97 Å². The molecule has 0 heterocycles. The number of hydrogen-bond donors (Lipinski definition) is 0. The van der Waals surface area contributed by atoms with Crippen molar-refractivity contribution >= 4 is 12.3 Å². The lowest BCUT2D eigenvalue weighted by molar-refractivity contribution is -0.140. The molecule has 15 heavy (non-hydrogen) atoms. The molecule has 1 aromatic rings. The molecule has 0 saturated carbocycles. The molecule has 0 bridgehead atoms. The van der Waals surface area contributed by atoms with Gasteiger partial charge in [-0.2, -0.15) is 0 Å². The Morgan fingerprint density at radius 3 is 2.47 bits per heavy atom. The van der Waals surface area contributed by atoms with Crippen molar-refractivity contribution in [3.63, 3.8) is 0 Å². The Morgan fingerprint density at radius 1 is 1.33 bits per heavy atom. The second kappa shape index (κ2) is 5.14. The Hall–Kier alpha value is -1.84. The van der Waals surface area contributed by atoms with Crippen molar-refractivity contribution in [2.75, 3.05) is 7.11 Å². The van der Waals surface area contributed by atoms with Crippen molar-refractivity contribution in [1.29, 1.82) is 0 Å². The first-order valence-electron chi connectivity index (χ1n) is 4.49. The van der Waals surface area contributed by atoms with Crippen LogP contribution in [0.25, 0.3) is 0 Å². The topological polar surface area (TPSA) is 52.6 Å². The highest BCUT2D eigenvalue weighted by molar-refractivity contribution is 5.88. The fourth-order valence-corrected chi connectivity index (χ4v) is 0.960. The Bertz CT molecular complexity index is 359. The number of benzene rings is 1. The van der Waals surface area contributed by atoms with Gasteiger partial charge in [0.15, 0.2) is 11.5 Å². The van der Waals surface area contributed by atoms with E-state index in [1.54, 1.807) is 24.3 Å². The van der Waals surface area contributed by atoms with E-state index in [9.17, 15) is 9.59 Å². The highest BCUT2D eigenvalue weighted by Crippen LogP contribution is 2.26. The van der Waals surface area contributed by atoms with E-state index in [0.29, 0.717) is 17.8 Å². The Morgan fingerprint density at radius 2 is 1.93 bits per heavy atom. The van der Waals surface area contributed by atoms with Crippen LogP contribution >= 0.6 is 0 Å². The smallest absolute Gasteiger partial charge is 0.321 e. The number of ether oxygens (including phenoxy) is 2. The van der Waals surface area contributed by atoms with Gasteiger partial charge in [-0.25, -0.2) is 0 Å². The standard InChI is InChI=1S/C11H12O4/c1-8(7-12)11(13)15-10-6-4-3-5-9(10)14-2/h3-8H,1-2H3. The van der Waals surface area contributed by atoms with Crippen LogP contribution in [0.2, 0.25) is 0 Å². The van der Waals surface area contributed by atoms with Crippen LogP contribution in [-0.4, -0.2) is 19.4 Å². The highest BCUT2D eigenvalue weighted by Gasteiger charge is 2.15. The minimum atomic E-state index is -0.769. The van der Waals surface area contributed by atoms with Crippen LogP contribution in [0.4, 0.5) is 0 Å². The molecular formula is C11H12O4. The number of aldehydes is 1. The molecular weight excluding hydrogens is 196 g/mol. The lowest BCUT2D eigenvalue weighted by atomic mass is 10.2. The third-order valence-corrected chi connectivity index (χ3v) is 1.86. The zero-order valence-electron chi connectivity index (χ0n) is 8.60. The summed E-state index contributed by atoms with van der Waals surface area (Å²) in [7, 11) is 1.48. The van der Waals surface area contributed by atoms with Crippen molar-refractivity contribution in [3.8, 4) is 11.5 Å². The van der Waals surface area contributed by atoms with Crippen molar-refractivity contribution in [2.24, 2.45) is 5.92 Å². The monoisotopic (exact) mass is 208 g/mol. The Balaban J connectivity index is 2.80. The predicted molar refractivity (Wildman–Crippen MR) is 53.9 cm³/mol. The quantitative estimate of drug-likeness (QED) is 0.325. The van der Waals surface area contributed by atoms with E-state index in [1.165, 1.54) is 14.0 Å². The van der Waals surface area contributed by atoms with E-state index < -0.39 is 11.9 Å². The average Bonchev–Trinajstić information content (AvgIpc) is 2.28. The molecule has 1 unspecified atom stereocenters. The van der Waals surface area contributed by atoms with Gasteiger partial charge in [-0.05, 0) is 19.1 Å². The molecule has 0 aliphatic rings. The molecule has 0 amide bonds. The van der Waals surface area contributed by atoms with E-state index in [-0.39, 0.29) is 0 Å². The SMILES string of the molecule is COc1ccccc1OC(=O)C(C)C=O. The van der Waals surface area contributed by atoms with Crippen LogP contribution in [0.15, 0.2) is 24.3 Å². The summed E-state index contributed by atoms with van der Waals surface area (Å²) in [6.07, 6.45) is 0.539. The van der Waals surface area contributed by atoms with E-state index in [1.807, 2.05) is 0 Å². The minimum Gasteiger partial charge on any atom is -0.493 e. The number of methoxy groups -OCH3 is 1. The highest BCUT2D eigenvalue weighted by atomic mass is 16.6. The molecule has 0 saturated heterocycles. The molecule has 0 aliphatic heterocycles. The first-order valence-corrected chi connectivity index (χ1v) is 4.49. The zero-order chi connectivity index (χ0) is 11.3. The van der Waals surface area contributed by atoms with Crippen LogP contribution < -0.4 is 9.47 Å². The largest absolute Gasteiger partial charge is 0.493 e. The maximum Gasteiger partial charge on any atom is 0.321 e. The molecule has 0 aliphatic carbocycles. The zero-order valence-corrected chi connectivity index (χ0v) is 8.60. The Labute approximate surface area is 87.8 Å². The molecule has 0 fully saturated rings. The molecule has 80 valence electrons. The van der Waals surface area contributed by atoms with Gasteiger partial charge < -0.3 is 14.3 Å². The lowest BCUT2D eigenvalue weighted by Crippen LogP contribution is -2.18. The Kier molecular flexibility index (Phi) is 3.85. The first-order chi connectivity index (χ1) is 7.19. The van der Waals surface area contributed by atoms with Crippen LogP contribution in [0.1, 0.15) is 6.92 Å². The normalized spacial score (nSPS) is 11.6. The molecule has 4 heteroatoms. The molecule has 1 atom stereocenters. The summed E-state index contributed by atoms with van der Waals surface area (Å²) < 4.78 is 9.99. The first kappa shape index (κ1) is 11.2. The van der Waals surface area contributed by atoms with Gasteiger partial charge in [0, 0.05) is 0 Å². The lowest BCUT2D eigenvalue weighted by Gasteiger charge is -2.09. The fourth-order valence-electron chi connectivity index (χ4n) is 0.960. The van der Waals surface area contributed by atoms with Crippen LogP contribution in [0.3, 0.4) is 0 Å². The fraction of sp³-hybridized carbons (Fsp3) is 0.273. The van der Waals surface area contributed by atoms with Crippen molar-refractivity contribution in [1.82, 2.24) is 0 Å². The van der Waals surface area contributed by atoms with E-state index in [4.69, 9.17) is 9.47 Å². The van der Waals surface area contributed by atoms with E-state index in [0.717, 1.165) is 0 Å². The number of hydrogen-bond acceptors (Lipinski definition) is 4. The number of esters is 1. The van der Waals surface area contributed by atoms with Gasteiger partial charge in [0.25, 0.3) is 0 Å². The molecule has 0 radical (unpaired) electrons. The number of rotatable bonds is 4. The summed E-state index contributed by atoms with van der Waals surface area (Å²) in [6, 6.07) is 6.76.